The van der Waals surface area contributed by atoms with E-state index in [1.807, 2.05) is 0 Å². The molecule has 27 heteroatoms. The number of ether oxygens (including phenoxy) is 12. The summed E-state index contributed by atoms with van der Waals surface area (Å²) in [6.07, 6.45) is 5.18. The minimum absolute atomic E-state index is 0.0483. The SMILES string of the molecule is N#Cc1cc(C(=O)N2CCC3(C2)NC(=O)N(CC2CCC2)C3=O)cc(-c2cn(CCOCCOCCOCCOCCOCCOCCOCCOCCOCCOCCOCCOCCC(=O)ON3C(=O)CCC3=O)nn2)c1. The van der Waals surface area contributed by atoms with E-state index >= 15 is 0 Å². The lowest BCUT2D eigenvalue weighted by Crippen LogP contribution is -2.50. The standard InChI is InChI=1S/C52H76N8O19/c53-37-42-34-43(36-44(35-42)49(64)57-8-7-52(40-57)50(65)59(51(66)54-52)38-41-2-1-3-41)45-39-58(56-55-45)9-11-68-13-15-70-17-19-72-21-23-74-25-27-76-29-31-78-33-32-77-30-28-75-26-24-73-22-20-71-18-16-69-14-12-67-10-6-48(63)79-60-46(61)4-5-47(60)62/h34-36,39,41H,1-33,38,40H2,(H,54,66). The second-order valence-corrected chi connectivity index (χ2v) is 18.6. The maximum absolute atomic E-state index is 13.7. The van der Waals surface area contributed by atoms with Crippen molar-refractivity contribution in [3.8, 4) is 17.3 Å². The van der Waals surface area contributed by atoms with E-state index in [4.69, 9.17) is 61.7 Å². The van der Waals surface area contributed by atoms with E-state index in [0.717, 1.165) is 19.3 Å². The molecule has 6 amide bonds. The Morgan fingerprint density at radius 1 is 0.633 bits per heavy atom. The van der Waals surface area contributed by atoms with Gasteiger partial charge in [0.25, 0.3) is 23.6 Å². The van der Waals surface area contributed by atoms with Crippen LogP contribution in [-0.4, -0.2) is 249 Å². The van der Waals surface area contributed by atoms with E-state index in [-0.39, 0.29) is 62.0 Å². The van der Waals surface area contributed by atoms with Gasteiger partial charge in [0.15, 0.2) is 0 Å². The van der Waals surface area contributed by atoms with Gasteiger partial charge in [-0.25, -0.2) is 14.3 Å². The van der Waals surface area contributed by atoms with Gasteiger partial charge in [-0.1, -0.05) is 11.6 Å². The van der Waals surface area contributed by atoms with Crippen molar-refractivity contribution in [2.45, 2.75) is 57.0 Å². The van der Waals surface area contributed by atoms with Crippen molar-refractivity contribution in [2.75, 3.05) is 178 Å². The first-order valence-electron chi connectivity index (χ1n) is 27.0. The highest BCUT2D eigenvalue weighted by atomic mass is 16.7. The minimum Gasteiger partial charge on any atom is -0.378 e. The van der Waals surface area contributed by atoms with Crippen LogP contribution >= 0.6 is 0 Å². The Morgan fingerprint density at radius 3 is 1.56 bits per heavy atom. The van der Waals surface area contributed by atoms with E-state index in [1.54, 1.807) is 27.9 Å². The molecule has 1 aliphatic carbocycles. The topological polar surface area (TPSA) is 299 Å². The number of amides is 6. The molecule has 6 rings (SSSR count). The average molecular weight is 1120 g/mol. The first kappa shape index (κ1) is 62.6. The predicted octanol–water partition coefficient (Wildman–Crippen LogP) is 0.950. The zero-order chi connectivity index (χ0) is 55.8. The normalized spacial score (nSPS) is 17.4. The van der Waals surface area contributed by atoms with Crippen molar-refractivity contribution in [3.05, 3.63) is 35.5 Å². The van der Waals surface area contributed by atoms with Gasteiger partial charge in [0, 0.05) is 37.1 Å². The third-order valence-corrected chi connectivity index (χ3v) is 12.8. The summed E-state index contributed by atoms with van der Waals surface area (Å²) in [7, 11) is 0. The zero-order valence-electron chi connectivity index (χ0n) is 45.0. The molecule has 2 aromatic rings. The van der Waals surface area contributed by atoms with E-state index in [1.165, 1.54) is 11.0 Å². The second-order valence-electron chi connectivity index (χ2n) is 18.6. The van der Waals surface area contributed by atoms with Crippen LogP contribution in [0.5, 0.6) is 0 Å². The number of nitrogens with one attached hydrogen (secondary N) is 1. The lowest BCUT2D eigenvalue weighted by Gasteiger charge is -2.29. The van der Waals surface area contributed by atoms with Crippen molar-refractivity contribution < 1.29 is 90.4 Å². The molecule has 4 heterocycles. The smallest absolute Gasteiger partial charge is 0.335 e. The molecule has 3 aliphatic heterocycles. The molecule has 438 valence electrons. The van der Waals surface area contributed by atoms with Crippen molar-refractivity contribution in [3.63, 3.8) is 0 Å². The molecular weight excluding hydrogens is 1040 g/mol. The van der Waals surface area contributed by atoms with Gasteiger partial charge < -0.3 is 71.9 Å². The number of hydroxylamine groups is 2. The summed E-state index contributed by atoms with van der Waals surface area (Å²) in [5.41, 5.74) is 0.485. The van der Waals surface area contributed by atoms with Crippen molar-refractivity contribution in [2.24, 2.45) is 5.92 Å². The van der Waals surface area contributed by atoms with Crippen LogP contribution in [-0.2, 0) is 87.4 Å². The molecule has 1 N–H and O–H groups in total. The summed E-state index contributed by atoms with van der Waals surface area (Å²) in [4.78, 5) is 82.1. The lowest BCUT2D eigenvalue weighted by atomic mass is 9.85. The third-order valence-electron chi connectivity index (χ3n) is 12.8. The van der Waals surface area contributed by atoms with Crippen molar-refractivity contribution in [1.29, 1.82) is 5.26 Å². The molecule has 4 fully saturated rings. The summed E-state index contributed by atoms with van der Waals surface area (Å²) in [5, 5.41) is 21.6. The van der Waals surface area contributed by atoms with Crippen LogP contribution in [0, 0.1) is 17.2 Å². The molecular formula is C52H76N8O19. The van der Waals surface area contributed by atoms with Crippen molar-refractivity contribution in [1.82, 2.24) is 35.2 Å². The highest BCUT2D eigenvalue weighted by Crippen LogP contribution is 2.34. The number of hydrogen-bond donors (Lipinski definition) is 1. The van der Waals surface area contributed by atoms with Crippen LogP contribution in [0.1, 0.15) is 60.9 Å². The molecule has 0 radical (unpaired) electrons. The van der Waals surface area contributed by atoms with Crippen LogP contribution < -0.4 is 5.32 Å². The van der Waals surface area contributed by atoms with E-state index in [2.05, 4.69) is 21.7 Å². The molecule has 79 heavy (non-hydrogen) atoms. The van der Waals surface area contributed by atoms with Crippen molar-refractivity contribution >= 4 is 35.6 Å². The Morgan fingerprint density at radius 2 is 1.10 bits per heavy atom. The van der Waals surface area contributed by atoms with Crippen LogP contribution in [0.2, 0.25) is 0 Å². The first-order chi connectivity index (χ1) is 38.7. The largest absolute Gasteiger partial charge is 0.378 e. The Kier molecular flexibility index (Phi) is 28.4. The van der Waals surface area contributed by atoms with Gasteiger partial charge in [-0.15, -0.1) is 10.2 Å². The monoisotopic (exact) mass is 1120 g/mol. The highest BCUT2D eigenvalue weighted by molar-refractivity contribution is 6.08. The van der Waals surface area contributed by atoms with Crippen LogP contribution in [0.15, 0.2) is 24.4 Å². The first-order valence-corrected chi connectivity index (χ1v) is 27.0. The number of imide groups is 2. The number of urea groups is 1. The molecule has 0 bridgehead atoms. The van der Waals surface area contributed by atoms with Gasteiger partial charge in [0.1, 0.15) is 11.2 Å². The number of nitriles is 1. The maximum atomic E-state index is 13.7. The number of carbonyl (C=O) groups is 6. The van der Waals surface area contributed by atoms with Gasteiger partial charge in [-0.3, -0.25) is 24.1 Å². The van der Waals surface area contributed by atoms with E-state index in [9.17, 15) is 34.0 Å². The molecule has 27 nitrogen and oxygen atoms in total. The number of likely N-dealkylation sites (tertiary alicyclic amines) is 1. The Balaban J connectivity index is 0.635. The van der Waals surface area contributed by atoms with Gasteiger partial charge in [-0.05, 0) is 43.4 Å². The van der Waals surface area contributed by atoms with Gasteiger partial charge in [0.2, 0.25) is 0 Å². The van der Waals surface area contributed by atoms with E-state index < -0.39 is 29.4 Å². The fourth-order valence-corrected chi connectivity index (χ4v) is 8.36. The molecule has 1 aromatic carbocycles. The molecule has 1 unspecified atom stereocenters. The highest BCUT2D eigenvalue weighted by Gasteiger charge is 2.56. The number of aromatic nitrogens is 3. The fourth-order valence-electron chi connectivity index (χ4n) is 8.36. The Hall–Kier alpha value is -5.61. The predicted molar refractivity (Wildman–Crippen MR) is 273 cm³/mol. The van der Waals surface area contributed by atoms with Gasteiger partial charge in [-0.2, -0.15) is 5.26 Å². The van der Waals surface area contributed by atoms with E-state index in [0.29, 0.717) is 194 Å². The zero-order valence-corrected chi connectivity index (χ0v) is 45.0. The molecule has 1 aromatic heterocycles. The third kappa shape index (κ3) is 22.1. The summed E-state index contributed by atoms with van der Waals surface area (Å²) >= 11 is 0. The number of rotatable bonds is 44. The summed E-state index contributed by atoms with van der Waals surface area (Å²) in [6.45, 7) is 10.8. The summed E-state index contributed by atoms with van der Waals surface area (Å²) in [6, 6.07) is 6.55. The Bertz CT molecular complexity index is 2230. The van der Waals surface area contributed by atoms with Gasteiger partial charge >= 0.3 is 12.0 Å². The van der Waals surface area contributed by atoms with Crippen LogP contribution in [0.25, 0.3) is 11.3 Å². The lowest BCUT2D eigenvalue weighted by molar-refractivity contribution is -0.198. The quantitative estimate of drug-likeness (QED) is 0.0549. The average Bonchev–Trinajstić information content (AvgIpc) is 4.31. The maximum Gasteiger partial charge on any atom is 0.335 e. The number of nitrogens with zero attached hydrogens (tertiary/aromatic N) is 7. The second kappa shape index (κ2) is 35.9. The number of carbonyl (C=O) groups excluding carboxylic acids is 6. The molecule has 1 atom stereocenters. The summed E-state index contributed by atoms with van der Waals surface area (Å²) < 4.78 is 67.6. The molecule has 1 spiro atoms. The molecule has 4 aliphatic rings. The number of benzene rings is 1. The van der Waals surface area contributed by atoms with Gasteiger partial charge in [0.05, 0.1) is 196 Å². The Labute approximate surface area is 459 Å². The molecule has 1 saturated carbocycles. The molecule has 3 saturated heterocycles. The summed E-state index contributed by atoms with van der Waals surface area (Å²) in [5.74, 6) is -2.02. The number of hydrogen-bond acceptors (Lipinski definition) is 22. The minimum atomic E-state index is -1.12. The van der Waals surface area contributed by atoms with Crippen LogP contribution in [0.4, 0.5) is 4.79 Å². The fraction of sp³-hybridized carbons (Fsp3) is 0.712. The van der Waals surface area contributed by atoms with Crippen LogP contribution in [0.3, 0.4) is 0 Å².